The van der Waals surface area contributed by atoms with Crippen LogP contribution in [0.25, 0.3) is 0 Å². The van der Waals surface area contributed by atoms with E-state index in [0.717, 1.165) is 5.69 Å². The summed E-state index contributed by atoms with van der Waals surface area (Å²) in [6, 6.07) is 1.78. The molecule has 0 aliphatic heterocycles. The fraction of sp³-hybridized carbons (Fsp3) is 0.692. The molecule has 0 aliphatic carbocycles. The van der Waals surface area contributed by atoms with Gasteiger partial charge >= 0.3 is 0 Å². The molecule has 1 heterocycles. The van der Waals surface area contributed by atoms with Crippen molar-refractivity contribution in [2.24, 2.45) is 5.92 Å². The van der Waals surface area contributed by atoms with Gasteiger partial charge in [0.2, 0.25) is 0 Å². The van der Waals surface area contributed by atoms with E-state index in [-0.39, 0.29) is 18.6 Å². The highest BCUT2D eigenvalue weighted by molar-refractivity contribution is 5.92. The number of carbonyl (C=O) groups is 1. The van der Waals surface area contributed by atoms with Crippen LogP contribution in [-0.4, -0.2) is 33.4 Å². The molecule has 1 amide bonds. The van der Waals surface area contributed by atoms with Crippen LogP contribution >= 0.6 is 0 Å². The summed E-state index contributed by atoms with van der Waals surface area (Å²) in [7, 11) is 0. The molecule has 0 saturated carbocycles. The molecule has 2 N–H and O–H groups in total. The van der Waals surface area contributed by atoms with Gasteiger partial charge in [0, 0.05) is 19.2 Å². The van der Waals surface area contributed by atoms with E-state index in [1.807, 2.05) is 27.7 Å². The highest BCUT2D eigenvalue weighted by atomic mass is 16.3. The van der Waals surface area contributed by atoms with Crippen molar-refractivity contribution in [3.8, 4) is 0 Å². The summed E-state index contributed by atoms with van der Waals surface area (Å²) < 4.78 is 1.70. The molecular formula is C13H23N3O2. The van der Waals surface area contributed by atoms with Crippen LogP contribution in [0.3, 0.4) is 0 Å². The van der Waals surface area contributed by atoms with Crippen LogP contribution in [0.1, 0.15) is 43.4 Å². The predicted molar refractivity (Wildman–Crippen MR) is 70.4 cm³/mol. The van der Waals surface area contributed by atoms with Gasteiger partial charge in [-0.1, -0.05) is 13.8 Å². The molecule has 102 valence electrons. The van der Waals surface area contributed by atoms with Gasteiger partial charge in [-0.05, 0) is 32.3 Å². The number of nitrogens with one attached hydrogen (secondary N) is 1. The lowest BCUT2D eigenvalue weighted by molar-refractivity contribution is 0.0905. The zero-order valence-corrected chi connectivity index (χ0v) is 11.6. The summed E-state index contributed by atoms with van der Waals surface area (Å²) in [4.78, 5) is 12.2. The summed E-state index contributed by atoms with van der Waals surface area (Å²) in [5, 5.41) is 16.2. The second-order valence-electron chi connectivity index (χ2n) is 4.82. The Kier molecular flexibility index (Phi) is 5.34. The van der Waals surface area contributed by atoms with Crippen LogP contribution in [-0.2, 0) is 6.54 Å². The molecule has 1 atom stereocenters. The number of nitrogens with zero attached hydrogens (tertiary/aromatic N) is 2. The second kappa shape index (κ2) is 6.54. The highest BCUT2D eigenvalue weighted by Gasteiger charge is 2.19. The SMILES string of the molecule is CCn1nc(C)cc1C(=O)NC(CCO)C(C)C. The van der Waals surface area contributed by atoms with Gasteiger partial charge in [0.15, 0.2) is 0 Å². The number of rotatable bonds is 6. The monoisotopic (exact) mass is 253 g/mol. The lowest BCUT2D eigenvalue weighted by Gasteiger charge is -2.21. The van der Waals surface area contributed by atoms with Crippen molar-refractivity contribution in [1.29, 1.82) is 0 Å². The van der Waals surface area contributed by atoms with E-state index in [1.54, 1.807) is 10.7 Å². The molecule has 1 aromatic rings. The van der Waals surface area contributed by atoms with Crippen LogP contribution in [0.2, 0.25) is 0 Å². The molecule has 5 heteroatoms. The van der Waals surface area contributed by atoms with E-state index >= 15 is 0 Å². The lowest BCUT2D eigenvalue weighted by Crippen LogP contribution is -2.40. The lowest BCUT2D eigenvalue weighted by atomic mass is 10.0. The van der Waals surface area contributed by atoms with Gasteiger partial charge < -0.3 is 10.4 Å². The number of amides is 1. The first-order chi connectivity index (χ1) is 8.49. The van der Waals surface area contributed by atoms with Crippen molar-refractivity contribution in [1.82, 2.24) is 15.1 Å². The number of aryl methyl sites for hydroxylation is 2. The van der Waals surface area contributed by atoms with Crippen LogP contribution in [0, 0.1) is 12.8 Å². The van der Waals surface area contributed by atoms with Crippen molar-refractivity contribution in [3.05, 3.63) is 17.5 Å². The Morgan fingerprint density at radius 1 is 1.56 bits per heavy atom. The van der Waals surface area contributed by atoms with Gasteiger partial charge in [0.05, 0.1) is 5.69 Å². The topological polar surface area (TPSA) is 67.2 Å². The van der Waals surface area contributed by atoms with Gasteiger partial charge in [-0.3, -0.25) is 9.48 Å². The Labute approximate surface area is 108 Å². The number of aromatic nitrogens is 2. The molecule has 18 heavy (non-hydrogen) atoms. The van der Waals surface area contributed by atoms with Crippen molar-refractivity contribution in [2.75, 3.05) is 6.61 Å². The van der Waals surface area contributed by atoms with Gasteiger partial charge in [-0.2, -0.15) is 5.10 Å². The molecule has 0 spiro atoms. The van der Waals surface area contributed by atoms with Crippen LogP contribution in [0.15, 0.2) is 6.07 Å². The van der Waals surface area contributed by atoms with Crippen LogP contribution < -0.4 is 5.32 Å². The van der Waals surface area contributed by atoms with Gasteiger partial charge in [0.1, 0.15) is 5.69 Å². The first kappa shape index (κ1) is 14.7. The molecule has 1 unspecified atom stereocenters. The molecule has 0 aliphatic rings. The minimum Gasteiger partial charge on any atom is -0.396 e. The minimum atomic E-state index is -0.121. The minimum absolute atomic E-state index is 0.0111. The third-order valence-electron chi connectivity index (χ3n) is 3.00. The standard InChI is InChI=1S/C13H23N3O2/c1-5-16-12(8-10(4)15-16)13(18)14-11(6-7-17)9(2)3/h8-9,11,17H,5-7H2,1-4H3,(H,14,18). The number of hydrogen-bond donors (Lipinski definition) is 2. The molecule has 0 bridgehead atoms. The summed E-state index contributed by atoms with van der Waals surface area (Å²) in [6.45, 7) is 8.64. The maximum atomic E-state index is 12.2. The molecule has 1 rings (SSSR count). The Bertz CT molecular complexity index is 399. The van der Waals surface area contributed by atoms with Crippen molar-refractivity contribution in [2.45, 2.75) is 46.7 Å². The second-order valence-corrected chi connectivity index (χ2v) is 4.82. The molecular weight excluding hydrogens is 230 g/mol. The summed E-state index contributed by atoms with van der Waals surface area (Å²) in [5.41, 5.74) is 1.42. The van der Waals surface area contributed by atoms with Crippen LogP contribution in [0.4, 0.5) is 0 Å². The first-order valence-electron chi connectivity index (χ1n) is 6.45. The number of carbonyl (C=O) groups excluding carboxylic acids is 1. The number of aliphatic hydroxyl groups excluding tert-OH is 1. The smallest absolute Gasteiger partial charge is 0.269 e. The van der Waals surface area contributed by atoms with Crippen molar-refractivity contribution >= 4 is 5.91 Å². The summed E-state index contributed by atoms with van der Waals surface area (Å²) in [5.74, 6) is 0.171. The fourth-order valence-corrected chi connectivity index (χ4v) is 1.92. The maximum Gasteiger partial charge on any atom is 0.269 e. The third-order valence-corrected chi connectivity index (χ3v) is 3.00. The van der Waals surface area contributed by atoms with E-state index in [0.29, 0.717) is 24.6 Å². The zero-order chi connectivity index (χ0) is 13.7. The number of aliphatic hydroxyl groups is 1. The van der Waals surface area contributed by atoms with Crippen molar-refractivity contribution < 1.29 is 9.90 Å². The Balaban J connectivity index is 2.79. The third kappa shape index (κ3) is 3.57. The quantitative estimate of drug-likeness (QED) is 0.804. The van der Waals surface area contributed by atoms with E-state index in [1.165, 1.54) is 0 Å². The Hall–Kier alpha value is -1.36. The predicted octanol–water partition coefficient (Wildman–Crippen LogP) is 1.35. The Morgan fingerprint density at radius 3 is 2.72 bits per heavy atom. The highest BCUT2D eigenvalue weighted by Crippen LogP contribution is 2.09. The van der Waals surface area contributed by atoms with Gasteiger partial charge in [-0.25, -0.2) is 0 Å². The van der Waals surface area contributed by atoms with Gasteiger partial charge in [-0.15, -0.1) is 0 Å². The summed E-state index contributed by atoms with van der Waals surface area (Å²) >= 11 is 0. The largest absolute Gasteiger partial charge is 0.396 e. The number of hydrogen-bond acceptors (Lipinski definition) is 3. The molecule has 0 fully saturated rings. The Morgan fingerprint density at radius 2 is 2.22 bits per heavy atom. The normalized spacial score (nSPS) is 12.8. The van der Waals surface area contributed by atoms with E-state index in [2.05, 4.69) is 10.4 Å². The zero-order valence-electron chi connectivity index (χ0n) is 11.6. The van der Waals surface area contributed by atoms with Crippen molar-refractivity contribution in [3.63, 3.8) is 0 Å². The molecule has 0 aromatic carbocycles. The van der Waals surface area contributed by atoms with E-state index in [9.17, 15) is 4.79 Å². The molecule has 0 saturated heterocycles. The van der Waals surface area contributed by atoms with E-state index < -0.39 is 0 Å². The molecule has 5 nitrogen and oxygen atoms in total. The average Bonchev–Trinajstić information content (AvgIpc) is 2.69. The van der Waals surface area contributed by atoms with E-state index in [4.69, 9.17) is 5.11 Å². The summed E-state index contributed by atoms with van der Waals surface area (Å²) in [6.07, 6.45) is 0.572. The fourth-order valence-electron chi connectivity index (χ4n) is 1.92. The molecule has 1 aromatic heterocycles. The maximum absolute atomic E-state index is 12.2. The van der Waals surface area contributed by atoms with Gasteiger partial charge in [0.25, 0.3) is 5.91 Å². The molecule has 0 radical (unpaired) electrons. The first-order valence-corrected chi connectivity index (χ1v) is 6.45. The average molecular weight is 253 g/mol. The van der Waals surface area contributed by atoms with Crippen LogP contribution in [0.5, 0.6) is 0 Å².